The van der Waals surface area contributed by atoms with Gasteiger partial charge in [0.2, 0.25) is 5.91 Å². The molecule has 4 rings (SSSR count). The van der Waals surface area contributed by atoms with E-state index in [4.69, 9.17) is 4.74 Å². The van der Waals surface area contributed by atoms with Gasteiger partial charge in [0.05, 0.1) is 5.52 Å². The lowest BCUT2D eigenvalue weighted by atomic mass is 10.2. The number of benzene rings is 2. The Hall–Kier alpha value is -4.28. The number of fused-ring (bicyclic) bond motifs is 1. The number of anilines is 2. The van der Waals surface area contributed by atoms with Gasteiger partial charge in [-0.2, -0.15) is 0 Å². The average Bonchev–Trinajstić information content (AvgIpc) is 3.19. The third-order valence-corrected chi connectivity index (χ3v) is 4.98. The molecule has 35 heavy (non-hydrogen) atoms. The highest BCUT2D eigenvalue weighted by Gasteiger charge is 2.31. The number of hydrogen-bond donors (Lipinski definition) is 2. The third kappa shape index (κ3) is 6.19. The fraction of sp³-hybridized carbons (Fsp3) is 0.208. The van der Waals surface area contributed by atoms with Crippen molar-refractivity contribution in [1.29, 1.82) is 0 Å². The van der Waals surface area contributed by atoms with Crippen LogP contribution in [0.3, 0.4) is 0 Å². The summed E-state index contributed by atoms with van der Waals surface area (Å²) in [6, 6.07) is 12.5. The molecule has 0 atom stereocenters. The molecule has 0 saturated heterocycles. The minimum atomic E-state index is -4.78. The highest BCUT2D eigenvalue weighted by Crippen LogP contribution is 2.32. The molecule has 0 aliphatic rings. The van der Waals surface area contributed by atoms with Gasteiger partial charge in [-0.05, 0) is 48.9 Å². The summed E-state index contributed by atoms with van der Waals surface area (Å²) in [5.74, 6) is 0.817. The second kappa shape index (κ2) is 9.92. The summed E-state index contributed by atoms with van der Waals surface area (Å²) in [5.41, 5.74) is 3.03. The minimum Gasteiger partial charge on any atom is -0.457 e. The van der Waals surface area contributed by atoms with Crippen molar-refractivity contribution in [2.24, 2.45) is 0 Å². The molecular formula is C24H22F3N5O3. The Labute approximate surface area is 198 Å². The number of aryl methyl sites for hydroxylation is 1. The van der Waals surface area contributed by atoms with E-state index in [1.54, 1.807) is 18.2 Å². The average molecular weight is 485 g/mol. The lowest BCUT2D eigenvalue weighted by Crippen LogP contribution is -2.24. The van der Waals surface area contributed by atoms with Crippen LogP contribution in [0.4, 0.5) is 24.7 Å². The predicted octanol–water partition coefficient (Wildman–Crippen LogP) is 5.31. The quantitative estimate of drug-likeness (QED) is 0.352. The molecule has 0 saturated carbocycles. The molecule has 0 radical (unpaired) electrons. The Bertz CT molecular complexity index is 1350. The first-order chi connectivity index (χ1) is 16.7. The molecule has 2 N–H and O–H groups in total. The molecule has 11 heteroatoms. The van der Waals surface area contributed by atoms with E-state index in [0.29, 0.717) is 24.7 Å². The number of ether oxygens (including phenoxy) is 2. The first-order valence-electron chi connectivity index (χ1n) is 10.6. The molecule has 0 aliphatic carbocycles. The molecule has 0 aliphatic heterocycles. The van der Waals surface area contributed by atoms with Crippen molar-refractivity contribution < 1.29 is 27.4 Å². The van der Waals surface area contributed by atoms with Crippen LogP contribution < -0.4 is 20.1 Å². The second-order valence-electron chi connectivity index (χ2n) is 7.68. The number of alkyl halides is 3. The Morgan fingerprint density at radius 2 is 1.89 bits per heavy atom. The molecule has 2 aromatic heterocycles. The van der Waals surface area contributed by atoms with Crippen molar-refractivity contribution in [3.8, 4) is 17.2 Å². The fourth-order valence-electron chi connectivity index (χ4n) is 3.50. The van der Waals surface area contributed by atoms with Crippen LogP contribution >= 0.6 is 0 Å². The maximum Gasteiger partial charge on any atom is 0.573 e. The van der Waals surface area contributed by atoms with Gasteiger partial charge < -0.3 is 24.7 Å². The van der Waals surface area contributed by atoms with Gasteiger partial charge in [0.25, 0.3) is 0 Å². The van der Waals surface area contributed by atoms with Gasteiger partial charge in [0.1, 0.15) is 29.1 Å². The van der Waals surface area contributed by atoms with E-state index in [2.05, 4.69) is 25.3 Å². The highest BCUT2D eigenvalue weighted by atomic mass is 19.4. The van der Waals surface area contributed by atoms with Crippen molar-refractivity contribution in [3.63, 3.8) is 0 Å². The van der Waals surface area contributed by atoms with Gasteiger partial charge in [-0.3, -0.25) is 4.79 Å². The van der Waals surface area contributed by atoms with Gasteiger partial charge in [-0.1, -0.05) is 6.07 Å². The zero-order valence-electron chi connectivity index (χ0n) is 18.9. The molecule has 0 spiro atoms. The first kappa shape index (κ1) is 23.9. The van der Waals surface area contributed by atoms with E-state index in [-0.39, 0.29) is 17.4 Å². The van der Waals surface area contributed by atoms with Gasteiger partial charge in [-0.25, -0.2) is 9.97 Å². The van der Waals surface area contributed by atoms with Crippen LogP contribution in [-0.2, 0) is 11.3 Å². The second-order valence-corrected chi connectivity index (χ2v) is 7.68. The summed E-state index contributed by atoms with van der Waals surface area (Å²) in [5, 5.41) is 6.05. The Balaban J connectivity index is 1.51. The number of carbonyl (C=O) groups is 1. The number of aromatic nitrogens is 3. The summed E-state index contributed by atoms with van der Waals surface area (Å²) >= 11 is 0. The Kier molecular flexibility index (Phi) is 6.76. The Morgan fingerprint density at radius 3 is 2.63 bits per heavy atom. The maximum atomic E-state index is 12.5. The largest absolute Gasteiger partial charge is 0.573 e. The molecular weight excluding hydrogens is 463 g/mol. The fourth-order valence-corrected chi connectivity index (χ4v) is 3.50. The van der Waals surface area contributed by atoms with Crippen LogP contribution in [0, 0.1) is 6.92 Å². The topological polar surface area (TPSA) is 90.3 Å². The Morgan fingerprint density at radius 1 is 1.09 bits per heavy atom. The number of rotatable bonds is 8. The van der Waals surface area contributed by atoms with Gasteiger partial charge in [0, 0.05) is 38.0 Å². The molecule has 182 valence electrons. The van der Waals surface area contributed by atoms with Crippen LogP contribution in [0.1, 0.15) is 12.5 Å². The molecule has 0 unspecified atom stereocenters. The number of nitrogens with one attached hydrogen (secondary N) is 2. The van der Waals surface area contributed by atoms with Crippen LogP contribution in [0.15, 0.2) is 61.1 Å². The van der Waals surface area contributed by atoms with Crippen LogP contribution in [0.2, 0.25) is 0 Å². The van der Waals surface area contributed by atoms with Gasteiger partial charge in [-0.15, -0.1) is 13.2 Å². The third-order valence-electron chi connectivity index (χ3n) is 4.98. The van der Waals surface area contributed by atoms with Crippen molar-refractivity contribution in [2.45, 2.75) is 26.8 Å². The van der Waals surface area contributed by atoms with E-state index in [9.17, 15) is 18.0 Å². The smallest absolute Gasteiger partial charge is 0.457 e. The minimum absolute atomic E-state index is 0.103. The van der Waals surface area contributed by atoms with E-state index in [0.717, 1.165) is 22.3 Å². The van der Waals surface area contributed by atoms with E-state index >= 15 is 0 Å². The summed E-state index contributed by atoms with van der Waals surface area (Å²) in [6.07, 6.45) is -1.44. The lowest BCUT2D eigenvalue weighted by molar-refractivity contribution is -0.274. The number of nitrogens with zero attached hydrogens (tertiary/aromatic N) is 3. The summed E-state index contributed by atoms with van der Waals surface area (Å²) in [7, 11) is 0. The number of halogens is 3. The number of carbonyl (C=O) groups excluding carboxylic acids is 1. The number of amides is 1. The standard InChI is InChI=1S/C24H22F3N5O3/c1-15-12-17(6-7-21(15)34-18-4-3-5-19(13-18)35-24(25,26)27)31-23-22-20(29-14-30-23)8-10-32(22)11-9-28-16(2)33/h3-8,10,12-14H,9,11H2,1-2H3,(H,28,33)(H,29,30,31). The molecule has 8 nitrogen and oxygen atoms in total. The molecule has 4 aromatic rings. The van der Waals surface area contributed by atoms with Crippen LogP contribution in [0.25, 0.3) is 11.0 Å². The molecule has 0 fully saturated rings. The van der Waals surface area contributed by atoms with E-state index < -0.39 is 6.36 Å². The summed E-state index contributed by atoms with van der Waals surface area (Å²) in [4.78, 5) is 19.8. The zero-order valence-corrected chi connectivity index (χ0v) is 18.9. The SMILES string of the molecule is CC(=O)NCCn1ccc2ncnc(Nc3ccc(Oc4cccc(OC(F)(F)F)c4)c(C)c3)c21. The van der Waals surface area contributed by atoms with E-state index in [1.807, 2.05) is 29.8 Å². The molecule has 0 bridgehead atoms. The van der Waals surface area contributed by atoms with E-state index in [1.165, 1.54) is 31.5 Å². The van der Waals surface area contributed by atoms with Crippen molar-refractivity contribution in [3.05, 3.63) is 66.6 Å². The highest BCUT2D eigenvalue weighted by molar-refractivity contribution is 5.88. The van der Waals surface area contributed by atoms with Crippen LogP contribution in [-0.4, -0.2) is 33.3 Å². The number of hydrogen-bond acceptors (Lipinski definition) is 6. The molecule has 2 heterocycles. The van der Waals surface area contributed by atoms with Gasteiger partial charge >= 0.3 is 6.36 Å². The maximum absolute atomic E-state index is 12.5. The molecule has 1 amide bonds. The lowest BCUT2D eigenvalue weighted by Gasteiger charge is -2.14. The summed E-state index contributed by atoms with van der Waals surface area (Å²) < 4.78 is 49.1. The summed E-state index contributed by atoms with van der Waals surface area (Å²) in [6.45, 7) is 4.30. The van der Waals surface area contributed by atoms with Crippen LogP contribution in [0.5, 0.6) is 17.2 Å². The van der Waals surface area contributed by atoms with Crippen molar-refractivity contribution in [1.82, 2.24) is 19.9 Å². The molecule has 2 aromatic carbocycles. The van der Waals surface area contributed by atoms with Crippen molar-refractivity contribution in [2.75, 3.05) is 11.9 Å². The monoisotopic (exact) mass is 485 g/mol. The first-order valence-corrected chi connectivity index (χ1v) is 10.6. The zero-order chi connectivity index (χ0) is 25.0. The van der Waals surface area contributed by atoms with Gasteiger partial charge in [0.15, 0.2) is 5.82 Å². The van der Waals surface area contributed by atoms with Crippen molar-refractivity contribution >= 4 is 28.4 Å². The predicted molar refractivity (Wildman–Crippen MR) is 124 cm³/mol. The normalized spacial score (nSPS) is 11.3.